The molecule has 0 radical (unpaired) electrons. The lowest BCUT2D eigenvalue weighted by Crippen LogP contribution is -2.37. The SMILES string of the molecule is CCOc1ccc2c(c1)CN(CC(=O)Nc1cccc(C(=O)N(CC)CC)c1)CC2. The first-order chi connectivity index (χ1) is 14.5. The third-order valence-electron chi connectivity index (χ3n) is 5.39. The van der Waals surface area contributed by atoms with E-state index < -0.39 is 0 Å². The van der Waals surface area contributed by atoms with Gasteiger partial charge in [0.1, 0.15) is 5.75 Å². The maximum Gasteiger partial charge on any atom is 0.253 e. The third-order valence-corrected chi connectivity index (χ3v) is 5.39. The second-order valence-electron chi connectivity index (χ2n) is 7.43. The minimum Gasteiger partial charge on any atom is -0.494 e. The second kappa shape index (κ2) is 10.3. The molecule has 1 aliphatic rings. The van der Waals surface area contributed by atoms with Crippen LogP contribution in [0.2, 0.25) is 0 Å². The predicted octanol–water partition coefficient (Wildman–Crippen LogP) is 3.56. The van der Waals surface area contributed by atoms with E-state index in [-0.39, 0.29) is 11.8 Å². The van der Waals surface area contributed by atoms with Crippen LogP contribution in [0.25, 0.3) is 0 Å². The maximum absolute atomic E-state index is 12.6. The van der Waals surface area contributed by atoms with E-state index in [4.69, 9.17) is 4.74 Å². The topological polar surface area (TPSA) is 61.9 Å². The third kappa shape index (κ3) is 5.39. The van der Waals surface area contributed by atoms with Crippen molar-refractivity contribution < 1.29 is 14.3 Å². The number of rotatable bonds is 8. The summed E-state index contributed by atoms with van der Waals surface area (Å²) in [5, 5.41) is 2.94. The molecule has 160 valence electrons. The molecule has 0 saturated heterocycles. The minimum absolute atomic E-state index is 0.0196. The Labute approximate surface area is 178 Å². The van der Waals surface area contributed by atoms with E-state index in [1.54, 1.807) is 23.1 Å². The highest BCUT2D eigenvalue weighted by Crippen LogP contribution is 2.24. The van der Waals surface area contributed by atoms with Crippen molar-refractivity contribution in [3.05, 3.63) is 59.2 Å². The summed E-state index contributed by atoms with van der Waals surface area (Å²) in [7, 11) is 0. The Kier molecular flexibility index (Phi) is 7.46. The summed E-state index contributed by atoms with van der Waals surface area (Å²) in [6, 6.07) is 13.4. The van der Waals surface area contributed by atoms with Crippen LogP contribution in [0.1, 0.15) is 42.3 Å². The highest BCUT2D eigenvalue weighted by molar-refractivity contribution is 5.97. The number of benzene rings is 2. The van der Waals surface area contributed by atoms with Crippen LogP contribution in [-0.4, -0.2) is 54.4 Å². The van der Waals surface area contributed by atoms with Gasteiger partial charge in [0.25, 0.3) is 5.91 Å². The molecule has 0 fully saturated rings. The summed E-state index contributed by atoms with van der Waals surface area (Å²) in [5.41, 5.74) is 3.77. The fraction of sp³-hybridized carbons (Fsp3) is 0.417. The molecule has 0 saturated carbocycles. The van der Waals surface area contributed by atoms with Crippen LogP contribution in [0, 0.1) is 0 Å². The van der Waals surface area contributed by atoms with Gasteiger partial charge in [-0.25, -0.2) is 0 Å². The van der Waals surface area contributed by atoms with Gasteiger partial charge in [0.15, 0.2) is 0 Å². The van der Waals surface area contributed by atoms with Gasteiger partial charge in [-0.2, -0.15) is 0 Å². The van der Waals surface area contributed by atoms with E-state index in [2.05, 4.69) is 22.3 Å². The summed E-state index contributed by atoms with van der Waals surface area (Å²) >= 11 is 0. The molecule has 3 rings (SSSR count). The molecule has 2 aromatic carbocycles. The fourth-order valence-electron chi connectivity index (χ4n) is 3.81. The second-order valence-corrected chi connectivity index (χ2v) is 7.43. The van der Waals surface area contributed by atoms with Crippen LogP contribution in [0.4, 0.5) is 5.69 Å². The van der Waals surface area contributed by atoms with Gasteiger partial charge in [-0.15, -0.1) is 0 Å². The van der Waals surface area contributed by atoms with Gasteiger partial charge in [0.2, 0.25) is 5.91 Å². The lowest BCUT2D eigenvalue weighted by molar-refractivity contribution is -0.117. The molecule has 1 aliphatic heterocycles. The molecule has 6 heteroatoms. The zero-order valence-corrected chi connectivity index (χ0v) is 18.1. The van der Waals surface area contributed by atoms with Gasteiger partial charge < -0.3 is 15.0 Å². The molecule has 0 aromatic heterocycles. The molecule has 0 bridgehead atoms. The van der Waals surface area contributed by atoms with Crippen molar-refractivity contribution in [2.75, 3.05) is 38.1 Å². The smallest absolute Gasteiger partial charge is 0.253 e. The van der Waals surface area contributed by atoms with Gasteiger partial charge in [0, 0.05) is 37.4 Å². The van der Waals surface area contributed by atoms with Gasteiger partial charge in [-0.05, 0) is 68.7 Å². The van der Waals surface area contributed by atoms with Crippen molar-refractivity contribution in [2.45, 2.75) is 33.7 Å². The number of hydrogen-bond donors (Lipinski definition) is 1. The summed E-state index contributed by atoms with van der Waals surface area (Å²) in [6.07, 6.45) is 0.920. The Morgan fingerprint density at radius 1 is 1.07 bits per heavy atom. The van der Waals surface area contributed by atoms with Gasteiger partial charge in [0.05, 0.1) is 13.2 Å². The van der Waals surface area contributed by atoms with Gasteiger partial charge >= 0.3 is 0 Å². The molecule has 2 amide bonds. The zero-order valence-electron chi connectivity index (χ0n) is 18.1. The number of fused-ring (bicyclic) bond motifs is 1. The largest absolute Gasteiger partial charge is 0.494 e. The van der Waals surface area contributed by atoms with E-state index in [9.17, 15) is 9.59 Å². The van der Waals surface area contributed by atoms with Crippen LogP contribution < -0.4 is 10.1 Å². The lowest BCUT2D eigenvalue weighted by atomic mass is 9.99. The molecule has 0 unspecified atom stereocenters. The quantitative estimate of drug-likeness (QED) is 0.724. The average molecular weight is 410 g/mol. The minimum atomic E-state index is -0.0770. The van der Waals surface area contributed by atoms with E-state index in [0.717, 1.165) is 25.3 Å². The number of anilines is 1. The molecular formula is C24H31N3O3. The van der Waals surface area contributed by atoms with Crippen LogP contribution in [0.5, 0.6) is 5.75 Å². The highest BCUT2D eigenvalue weighted by atomic mass is 16.5. The summed E-state index contributed by atoms with van der Waals surface area (Å²) < 4.78 is 5.60. The van der Waals surface area contributed by atoms with Gasteiger partial charge in [-0.3, -0.25) is 14.5 Å². The standard InChI is InChI=1S/C24H31N3O3/c1-4-27(5-2)24(29)19-8-7-9-21(14-19)25-23(28)17-26-13-12-18-10-11-22(30-6-3)15-20(18)16-26/h7-11,14-15H,4-6,12-13,16-17H2,1-3H3,(H,25,28). The van der Waals surface area contributed by atoms with Crippen molar-refractivity contribution in [3.8, 4) is 5.75 Å². The van der Waals surface area contributed by atoms with E-state index >= 15 is 0 Å². The van der Waals surface area contributed by atoms with Crippen LogP contribution in [0.15, 0.2) is 42.5 Å². The summed E-state index contributed by atoms with van der Waals surface area (Å²) in [5.74, 6) is 0.776. The van der Waals surface area contributed by atoms with Crippen molar-refractivity contribution in [1.82, 2.24) is 9.80 Å². The molecule has 2 aromatic rings. The number of nitrogens with zero attached hydrogens (tertiary/aromatic N) is 2. The number of nitrogens with one attached hydrogen (secondary N) is 1. The number of carbonyl (C=O) groups excluding carboxylic acids is 2. The normalized spacial score (nSPS) is 13.4. The zero-order chi connectivity index (χ0) is 21.5. The molecule has 0 spiro atoms. The van der Waals surface area contributed by atoms with Crippen molar-refractivity contribution >= 4 is 17.5 Å². The summed E-state index contributed by atoms with van der Waals surface area (Å²) in [6.45, 7) is 9.73. The molecule has 1 N–H and O–H groups in total. The number of carbonyl (C=O) groups is 2. The number of amides is 2. The lowest BCUT2D eigenvalue weighted by Gasteiger charge is -2.28. The molecule has 0 aliphatic carbocycles. The first-order valence-electron chi connectivity index (χ1n) is 10.7. The first kappa shape index (κ1) is 21.8. The molecule has 30 heavy (non-hydrogen) atoms. The Bertz CT molecular complexity index is 893. The first-order valence-corrected chi connectivity index (χ1v) is 10.7. The predicted molar refractivity (Wildman–Crippen MR) is 119 cm³/mol. The van der Waals surface area contributed by atoms with Crippen molar-refractivity contribution in [3.63, 3.8) is 0 Å². The molecule has 1 heterocycles. The Morgan fingerprint density at radius 2 is 1.87 bits per heavy atom. The van der Waals surface area contributed by atoms with Crippen molar-refractivity contribution in [1.29, 1.82) is 0 Å². The highest BCUT2D eigenvalue weighted by Gasteiger charge is 2.19. The Hall–Kier alpha value is -2.86. The Morgan fingerprint density at radius 3 is 2.60 bits per heavy atom. The van der Waals surface area contributed by atoms with Crippen LogP contribution >= 0.6 is 0 Å². The number of hydrogen-bond acceptors (Lipinski definition) is 4. The van der Waals surface area contributed by atoms with E-state index in [1.165, 1.54) is 11.1 Å². The van der Waals surface area contributed by atoms with Crippen molar-refractivity contribution in [2.24, 2.45) is 0 Å². The summed E-state index contributed by atoms with van der Waals surface area (Å²) in [4.78, 5) is 29.1. The van der Waals surface area contributed by atoms with E-state index in [1.807, 2.05) is 32.9 Å². The maximum atomic E-state index is 12.6. The average Bonchev–Trinajstić information content (AvgIpc) is 2.74. The molecule has 6 nitrogen and oxygen atoms in total. The van der Waals surface area contributed by atoms with Crippen LogP contribution in [0.3, 0.4) is 0 Å². The fourth-order valence-corrected chi connectivity index (χ4v) is 3.81. The van der Waals surface area contributed by atoms with E-state index in [0.29, 0.717) is 37.5 Å². The molecular weight excluding hydrogens is 378 g/mol. The molecule has 0 atom stereocenters. The van der Waals surface area contributed by atoms with Gasteiger partial charge in [-0.1, -0.05) is 12.1 Å². The monoisotopic (exact) mass is 409 g/mol. The number of ether oxygens (including phenoxy) is 1. The Balaban J connectivity index is 1.60. The van der Waals surface area contributed by atoms with Crippen LogP contribution in [-0.2, 0) is 17.8 Å².